The molecule has 0 amide bonds. The average molecular weight is 224 g/mol. The fourth-order valence-electron chi connectivity index (χ4n) is 1.72. The van der Waals surface area contributed by atoms with Gasteiger partial charge in [-0.3, -0.25) is 10.1 Å². The quantitative estimate of drug-likeness (QED) is 0.631. The van der Waals surface area contributed by atoms with Crippen LogP contribution in [0.4, 0.5) is 10.1 Å². The largest absolute Gasteiger partial charge is 0.310 e. The Morgan fingerprint density at radius 3 is 2.75 bits per heavy atom. The van der Waals surface area contributed by atoms with Gasteiger partial charge in [-0.05, 0) is 24.5 Å². The van der Waals surface area contributed by atoms with Gasteiger partial charge in [0.2, 0.25) is 0 Å². The fourth-order valence-corrected chi connectivity index (χ4v) is 1.72. The van der Waals surface area contributed by atoms with Gasteiger partial charge in [0, 0.05) is 18.7 Å². The second-order valence-electron chi connectivity index (χ2n) is 4.08. The minimum atomic E-state index is -0.573. The van der Waals surface area contributed by atoms with E-state index >= 15 is 0 Å². The van der Waals surface area contributed by atoms with E-state index in [1.54, 1.807) is 0 Å². The third-order valence-electron chi connectivity index (χ3n) is 2.85. The van der Waals surface area contributed by atoms with Crippen LogP contribution in [0.3, 0.4) is 0 Å². The zero-order chi connectivity index (χ0) is 11.5. The van der Waals surface area contributed by atoms with Gasteiger partial charge in [0.1, 0.15) is 5.82 Å². The maximum atomic E-state index is 13.1. The van der Waals surface area contributed by atoms with Crippen molar-refractivity contribution < 1.29 is 9.31 Å². The van der Waals surface area contributed by atoms with Crippen molar-refractivity contribution in [1.82, 2.24) is 5.32 Å². The molecule has 1 aliphatic rings. The van der Waals surface area contributed by atoms with Crippen molar-refractivity contribution in [3.8, 4) is 0 Å². The molecule has 0 radical (unpaired) electrons. The van der Waals surface area contributed by atoms with Crippen LogP contribution in [0.25, 0.3) is 0 Å². The molecule has 1 N–H and O–H groups in total. The second kappa shape index (κ2) is 4.57. The topological polar surface area (TPSA) is 55.2 Å². The molecule has 0 unspecified atom stereocenters. The number of nitro benzene ring substituents is 1. The number of nitro groups is 1. The van der Waals surface area contributed by atoms with Gasteiger partial charge in [0.25, 0.3) is 5.69 Å². The Labute approximate surface area is 92.6 Å². The molecule has 16 heavy (non-hydrogen) atoms. The lowest BCUT2D eigenvalue weighted by molar-refractivity contribution is -0.385. The Morgan fingerprint density at radius 2 is 2.19 bits per heavy atom. The first kappa shape index (κ1) is 11.0. The Morgan fingerprint density at radius 1 is 1.44 bits per heavy atom. The van der Waals surface area contributed by atoms with E-state index in [-0.39, 0.29) is 5.69 Å². The lowest BCUT2D eigenvalue weighted by Gasteiger charge is -2.26. The summed E-state index contributed by atoms with van der Waals surface area (Å²) in [4.78, 5) is 9.96. The van der Waals surface area contributed by atoms with Crippen LogP contribution in [0, 0.1) is 15.9 Å². The first-order chi connectivity index (χ1) is 7.65. The summed E-state index contributed by atoms with van der Waals surface area (Å²) in [6, 6.07) is 4.17. The predicted molar refractivity (Wildman–Crippen MR) is 57.5 cm³/mol. The number of halogens is 1. The maximum absolute atomic E-state index is 13.1. The van der Waals surface area contributed by atoms with E-state index in [9.17, 15) is 14.5 Å². The SMILES string of the molecule is O=[N+]([O-])c1cc(F)cc(CNC2CCC2)c1. The number of hydrogen-bond acceptors (Lipinski definition) is 3. The first-order valence-electron chi connectivity index (χ1n) is 5.32. The van der Waals surface area contributed by atoms with Crippen molar-refractivity contribution in [2.75, 3.05) is 0 Å². The summed E-state index contributed by atoms with van der Waals surface area (Å²) in [6.45, 7) is 0.489. The molecule has 2 rings (SSSR count). The van der Waals surface area contributed by atoms with E-state index in [0.717, 1.165) is 18.9 Å². The molecule has 1 aromatic rings. The lowest BCUT2D eigenvalue weighted by atomic mass is 9.93. The molecule has 0 bridgehead atoms. The normalized spacial score (nSPS) is 15.8. The minimum absolute atomic E-state index is 0.189. The van der Waals surface area contributed by atoms with Gasteiger partial charge in [-0.2, -0.15) is 0 Å². The summed E-state index contributed by atoms with van der Waals surface area (Å²) < 4.78 is 13.1. The molecule has 5 heteroatoms. The molecule has 1 aliphatic carbocycles. The highest BCUT2D eigenvalue weighted by Crippen LogP contribution is 2.20. The van der Waals surface area contributed by atoms with Crippen molar-refractivity contribution in [1.29, 1.82) is 0 Å². The van der Waals surface area contributed by atoms with E-state index in [4.69, 9.17) is 0 Å². The zero-order valence-electron chi connectivity index (χ0n) is 8.78. The number of non-ortho nitro benzene ring substituents is 1. The van der Waals surface area contributed by atoms with Crippen LogP contribution in [-0.4, -0.2) is 11.0 Å². The molecule has 1 fully saturated rings. The summed E-state index contributed by atoms with van der Waals surface area (Å²) in [6.07, 6.45) is 3.50. The molecular weight excluding hydrogens is 211 g/mol. The standard InChI is InChI=1S/C11H13FN2O2/c12-9-4-8(5-11(6-9)14(15)16)7-13-10-2-1-3-10/h4-6,10,13H,1-3,7H2. The van der Waals surface area contributed by atoms with Crippen LogP contribution in [0.1, 0.15) is 24.8 Å². The molecule has 0 atom stereocenters. The predicted octanol–water partition coefficient (Wildman–Crippen LogP) is 2.38. The van der Waals surface area contributed by atoms with Gasteiger partial charge >= 0.3 is 0 Å². The Balaban J connectivity index is 2.04. The van der Waals surface area contributed by atoms with E-state index in [2.05, 4.69) is 5.32 Å². The van der Waals surface area contributed by atoms with Crippen LogP contribution in [-0.2, 0) is 6.54 Å². The molecule has 4 nitrogen and oxygen atoms in total. The summed E-state index contributed by atoms with van der Waals surface area (Å²) in [7, 11) is 0. The average Bonchev–Trinajstić information content (AvgIpc) is 2.14. The van der Waals surface area contributed by atoms with Gasteiger partial charge in [-0.25, -0.2) is 4.39 Å². The van der Waals surface area contributed by atoms with Crippen molar-refractivity contribution in [2.45, 2.75) is 31.8 Å². The highest BCUT2D eigenvalue weighted by molar-refractivity contribution is 5.35. The molecule has 1 saturated carbocycles. The molecule has 0 saturated heterocycles. The molecule has 0 heterocycles. The third-order valence-corrected chi connectivity index (χ3v) is 2.85. The molecule has 86 valence electrons. The number of nitrogens with one attached hydrogen (secondary N) is 1. The molecule has 0 spiro atoms. The molecular formula is C11H13FN2O2. The van der Waals surface area contributed by atoms with E-state index in [0.29, 0.717) is 18.2 Å². The lowest BCUT2D eigenvalue weighted by Crippen LogP contribution is -2.34. The highest BCUT2D eigenvalue weighted by atomic mass is 19.1. The van der Waals surface area contributed by atoms with E-state index < -0.39 is 10.7 Å². The Kier molecular flexibility index (Phi) is 3.14. The number of rotatable bonds is 4. The van der Waals surface area contributed by atoms with Crippen LogP contribution < -0.4 is 5.32 Å². The van der Waals surface area contributed by atoms with E-state index in [1.165, 1.54) is 18.6 Å². The summed E-state index contributed by atoms with van der Waals surface area (Å²) in [5.74, 6) is -0.556. The number of benzene rings is 1. The zero-order valence-corrected chi connectivity index (χ0v) is 8.78. The van der Waals surface area contributed by atoms with Crippen LogP contribution >= 0.6 is 0 Å². The molecule has 1 aromatic carbocycles. The number of hydrogen-bond donors (Lipinski definition) is 1. The molecule has 0 aliphatic heterocycles. The van der Waals surface area contributed by atoms with Crippen LogP contribution in [0.5, 0.6) is 0 Å². The van der Waals surface area contributed by atoms with Gasteiger partial charge in [-0.1, -0.05) is 6.42 Å². The monoisotopic (exact) mass is 224 g/mol. The maximum Gasteiger partial charge on any atom is 0.272 e. The van der Waals surface area contributed by atoms with Crippen molar-refractivity contribution >= 4 is 5.69 Å². The minimum Gasteiger partial charge on any atom is -0.310 e. The van der Waals surface area contributed by atoms with Crippen molar-refractivity contribution in [2.24, 2.45) is 0 Å². The van der Waals surface area contributed by atoms with E-state index in [1.807, 2.05) is 0 Å². The second-order valence-corrected chi connectivity index (χ2v) is 4.08. The van der Waals surface area contributed by atoms with Crippen molar-refractivity contribution in [3.63, 3.8) is 0 Å². The number of nitrogens with zero attached hydrogens (tertiary/aromatic N) is 1. The van der Waals surface area contributed by atoms with Gasteiger partial charge in [-0.15, -0.1) is 0 Å². The highest BCUT2D eigenvalue weighted by Gasteiger charge is 2.17. The Bertz CT molecular complexity index is 405. The Hall–Kier alpha value is -1.49. The fraction of sp³-hybridized carbons (Fsp3) is 0.455. The smallest absolute Gasteiger partial charge is 0.272 e. The van der Waals surface area contributed by atoms with Gasteiger partial charge in [0.15, 0.2) is 0 Å². The van der Waals surface area contributed by atoms with Gasteiger partial charge in [0.05, 0.1) is 11.0 Å². The van der Waals surface area contributed by atoms with Crippen molar-refractivity contribution in [3.05, 3.63) is 39.7 Å². The van der Waals surface area contributed by atoms with Gasteiger partial charge < -0.3 is 5.32 Å². The molecule has 0 aromatic heterocycles. The third kappa shape index (κ3) is 2.55. The van der Waals surface area contributed by atoms with Crippen LogP contribution in [0.2, 0.25) is 0 Å². The summed E-state index contributed by atoms with van der Waals surface area (Å²) in [5.41, 5.74) is 0.434. The first-order valence-corrected chi connectivity index (χ1v) is 5.32. The summed E-state index contributed by atoms with van der Waals surface area (Å²) in [5, 5.41) is 13.8. The van der Waals surface area contributed by atoms with Crippen LogP contribution in [0.15, 0.2) is 18.2 Å². The summed E-state index contributed by atoms with van der Waals surface area (Å²) >= 11 is 0.